The zero-order valence-corrected chi connectivity index (χ0v) is 11.5. The van der Waals surface area contributed by atoms with Gasteiger partial charge in [-0.1, -0.05) is 35.7 Å². The molecule has 0 nitrogen and oxygen atoms in total. The lowest BCUT2D eigenvalue weighted by Gasteiger charge is -1.96. The molecule has 0 spiro atoms. The van der Waals surface area contributed by atoms with Crippen LogP contribution in [0.5, 0.6) is 0 Å². The molecule has 0 fully saturated rings. The smallest absolute Gasteiger partial charge is 0.0507 e. The van der Waals surface area contributed by atoms with E-state index in [9.17, 15) is 0 Å². The molecule has 0 unspecified atom stereocenters. The maximum absolute atomic E-state index is 2.26. The second-order valence-electron chi connectivity index (χ2n) is 3.16. The van der Waals surface area contributed by atoms with Gasteiger partial charge in [0, 0.05) is 14.7 Å². The first-order valence-electron chi connectivity index (χ1n) is 4.75. The standard InChI is InChI=1S/C12H8S4/c1-3-9(13-5-1)7-12-15-8-11(16-12)10-4-2-6-14-10/h1-8H/b12-7-. The Labute approximate surface area is 111 Å². The van der Waals surface area contributed by atoms with Crippen LogP contribution >= 0.6 is 46.2 Å². The van der Waals surface area contributed by atoms with Crippen LogP contribution in [-0.4, -0.2) is 0 Å². The topological polar surface area (TPSA) is 0 Å². The van der Waals surface area contributed by atoms with E-state index in [1.807, 2.05) is 23.5 Å². The van der Waals surface area contributed by atoms with Gasteiger partial charge in [0.15, 0.2) is 0 Å². The van der Waals surface area contributed by atoms with Crippen LogP contribution in [0.1, 0.15) is 9.75 Å². The third kappa shape index (κ3) is 2.30. The SMILES string of the molecule is C1=C(c2cccs2)S/C(=C\c2cccs2)S1. The van der Waals surface area contributed by atoms with Gasteiger partial charge < -0.3 is 0 Å². The maximum atomic E-state index is 2.26. The summed E-state index contributed by atoms with van der Waals surface area (Å²) in [6.45, 7) is 0. The van der Waals surface area contributed by atoms with Gasteiger partial charge >= 0.3 is 0 Å². The van der Waals surface area contributed by atoms with Crippen LogP contribution in [0, 0.1) is 0 Å². The van der Waals surface area contributed by atoms with Crippen molar-refractivity contribution in [2.24, 2.45) is 0 Å². The lowest BCUT2D eigenvalue weighted by molar-refractivity contribution is 1.95. The highest BCUT2D eigenvalue weighted by Gasteiger charge is 2.14. The van der Waals surface area contributed by atoms with Gasteiger partial charge in [-0.15, -0.1) is 22.7 Å². The molecule has 2 aromatic rings. The van der Waals surface area contributed by atoms with Crippen molar-refractivity contribution in [3.05, 3.63) is 54.4 Å². The molecule has 2 aromatic heterocycles. The van der Waals surface area contributed by atoms with Crippen LogP contribution in [0.15, 0.2) is 44.7 Å². The Morgan fingerprint density at radius 3 is 2.62 bits per heavy atom. The van der Waals surface area contributed by atoms with E-state index in [1.165, 1.54) is 18.9 Å². The largest absolute Gasteiger partial charge is 0.144 e. The second kappa shape index (κ2) is 4.84. The molecular weight excluding hydrogens is 272 g/mol. The molecule has 4 heteroatoms. The zero-order valence-electron chi connectivity index (χ0n) is 8.25. The van der Waals surface area contributed by atoms with Gasteiger partial charge in [-0.25, -0.2) is 0 Å². The minimum absolute atomic E-state index is 1.33. The van der Waals surface area contributed by atoms with Gasteiger partial charge in [-0.3, -0.25) is 0 Å². The Hall–Kier alpha value is -0.420. The van der Waals surface area contributed by atoms with Gasteiger partial charge in [0.1, 0.15) is 0 Å². The van der Waals surface area contributed by atoms with Gasteiger partial charge in [-0.2, -0.15) is 0 Å². The molecule has 0 radical (unpaired) electrons. The number of rotatable bonds is 2. The molecular formula is C12H8S4. The Morgan fingerprint density at radius 1 is 1.00 bits per heavy atom. The molecule has 0 aliphatic carbocycles. The van der Waals surface area contributed by atoms with E-state index in [0.717, 1.165) is 0 Å². The molecule has 3 rings (SSSR count). The first-order chi connectivity index (χ1) is 7.92. The molecule has 0 bridgehead atoms. The third-order valence-corrected chi connectivity index (χ3v) is 6.18. The van der Waals surface area contributed by atoms with Gasteiger partial charge in [-0.05, 0) is 34.4 Å². The van der Waals surface area contributed by atoms with Gasteiger partial charge in [0.25, 0.3) is 0 Å². The van der Waals surface area contributed by atoms with E-state index in [1.54, 1.807) is 22.7 Å². The monoisotopic (exact) mass is 280 g/mol. The van der Waals surface area contributed by atoms with Crippen molar-refractivity contribution in [3.8, 4) is 0 Å². The summed E-state index contributed by atoms with van der Waals surface area (Å²) in [5, 5.41) is 6.49. The fourth-order valence-electron chi connectivity index (χ4n) is 1.35. The fraction of sp³-hybridized carbons (Fsp3) is 0. The van der Waals surface area contributed by atoms with Crippen molar-refractivity contribution < 1.29 is 0 Å². The van der Waals surface area contributed by atoms with Crippen molar-refractivity contribution in [3.63, 3.8) is 0 Å². The van der Waals surface area contributed by atoms with Crippen LogP contribution in [0.3, 0.4) is 0 Å². The molecule has 16 heavy (non-hydrogen) atoms. The van der Waals surface area contributed by atoms with Crippen molar-refractivity contribution in [1.29, 1.82) is 0 Å². The molecule has 1 aliphatic heterocycles. The summed E-state index contributed by atoms with van der Waals surface area (Å²) in [6, 6.07) is 8.53. The van der Waals surface area contributed by atoms with E-state index in [0.29, 0.717) is 0 Å². The normalized spacial score (nSPS) is 18.0. The van der Waals surface area contributed by atoms with Crippen molar-refractivity contribution >= 4 is 57.2 Å². The quantitative estimate of drug-likeness (QED) is 0.703. The Morgan fingerprint density at radius 2 is 1.88 bits per heavy atom. The van der Waals surface area contributed by atoms with E-state index < -0.39 is 0 Å². The maximum Gasteiger partial charge on any atom is 0.0507 e. The zero-order chi connectivity index (χ0) is 10.8. The molecule has 0 atom stereocenters. The molecule has 0 aromatic carbocycles. The summed E-state index contributed by atoms with van der Waals surface area (Å²) in [5.41, 5.74) is 0. The summed E-state index contributed by atoms with van der Waals surface area (Å²) in [5.74, 6) is 0. The Bertz CT molecular complexity index is 517. The Kier molecular flexibility index (Phi) is 3.24. The first kappa shape index (κ1) is 10.7. The van der Waals surface area contributed by atoms with Crippen LogP contribution in [-0.2, 0) is 0 Å². The highest BCUT2D eigenvalue weighted by Crippen LogP contribution is 2.50. The highest BCUT2D eigenvalue weighted by molar-refractivity contribution is 8.31. The molecule has 0 saturated carbocycles. The molecule has 0 amide bonds. The third-order valence-electron chi connectivity index (χ3n) is 2.06. The molecule has 80 valence electrons. The first-order valence-corrected chi connectivity index (χ1v) is 8.21. The summed E-state index contributed by atoms with van der Waals surface area (Å²) in [6.07, 6.45) is 2.26. The number of hydrogen-bond acceptors (Lipinski definition) is 4. The lowest BCUT2D eigenvalue weighted by atomic mass is 10.5. The molecule has 0 N–H and O–H groups in total. The van der Waals surface area contributed by atoms with Crippen LogP contribution in [0.25, 0.3) is 11.0 Å². The van der Waals surface area contributed by atoms with E-state index >= 15 is 0 Å². The average Bonchev–Trinajstić information content (AvgIpc) is 2.99. The van der Waals surface area contributed by atoms with Gasteiger partial charge in [0.2, 0.25) is 0 Å². The minimum atomic E-state index is 1.33. The summed E-state index contributed by atoms with van der Waals surface area (Å²) >= 11 is 7.28. The molecule has 1 aliphatic rings. The number of hydrogen-bond donors (Lipinski definition) is 0. The van der Waals surface area contributed by atoms with Crippen LogP contribution in [0.4, 0.5) is 0 Å². The van der Waals surface area contributed by atoms with E-state index in [2.05, 4.69) is 46.5 Å². The highest BCUT2D eigenvalue weighted by atomic mass is 32.2. The van der Waals surface area contributed by atoms with Crippen LogP contribution < -0.4 is 0 Å². The fourth-order valence-corrected chi connectivity index (χ4v) is 5.19. The predicted molar refractivity (Wildman–Crippen MR) is 79.8 cm³/mol. The summed E-state index contributed by atoms with van der Waals surface area (Å²) in [7, 11) is 0. The van der Waals surface area contributed by atoms with Crippen molar-refractivity contribution in [2.45, 2.75) is 0 Å². The molecule has 3 heterocycles. The van der Waals surface area contributed by atoms with Crippen molar-refractivity contribution in [2.75, 3.05) is 0 Å². The number of thiophene rings is 2. The van der Waals surface area contributed by atoms with Crippen molar-refractivity contribution in [1.82, 2.24) is 0 Å². The van der Waals surface area contributed by atoms with E-state index in [4.69, 9.17) is 0 Å². The molecule has 0 saturated heterocycles. The summed E-state index contributed by atoms with van der Waals surface area (Å²) in [4.78, 5) is 4.07. The average molecular weight is 280 g/mol. The second-order valence-corrected chi connectivity index (χ2v) is 7.34. The minimum Gasteiger partial charge on any atom is -0.144 e. The Balaban J connectivity index is 1.77. The number of thioether (sulfide) groups is 2. The van der Waals surface area contributed by atoms with Crippen LogP contribution in [0.2, 0.25) is 0 Å². The summed E-state index contributed by atoms with van der Waals surface area (Å²) < 4.78 is 1.37. The predicted octanol–water partition coefficient (Wildman–Crippen LogP) is 5.59. The van der Waals surface area contributed by atoms with Gasteiger partial charge in [0.05, 0.1) is 4.24 Å². The lowest BCUT2D eigenvalue weighted by Crippen LogP contribution is -1.66. The van der Waals surface area contributed by atoms with E-state index in [-0.39, 0.29) is 0 Å².